The van der Waals surface area contributed by atoms with Crippen molar-refractivity contribution in [3.63, 3.8) is 0 Å². The molecular weight excluding hydrogens is 402 g/mol. The standard InChI is InChI=1S/C15H19Br2NO3/c1-15(2,3)8-10(7-13(19)20)18-14(21)11-6-9(16)4-5-12(11)17/h4-6,10H,7-8H2,1-3H3,(H,18,21)(H,19,20). The average Bonchev–Trinajstić information content (AvgIpc) is 2.28. The Morgan fingerprint density at radius 3 is 2.43 bits per heavy atom. The summed E-state index contributed by atoms with van der Waals surface area (Å²) < 4.78 is 1.47. The van der Waals surface area contributed by atoms with Gasteiger partial charge in [0.1, 0.15) is 0 Å². The molecule has 1 amide bonds. The van der Waals surface area contributed by atoms with Crippen molar-refractivity contribution in [1.29, 1.82) is 0 Å². The molecule has 0 fully saturated rings. The van der Waals surface area contributed by atoms with Crippen molar-refractivity contribution in [1.82, 2.24) is 5.32 Å². The van der Waals surface area contributed by atoms with Crippen molar-refractivity contribution in [3.05, 3.63) is 32.7 Å². The number of hydrogen-bond donors (Lipinski definition) is 2. The van der Waals surface area contributed by atoms with Crippen LogP contribution >= 0.6 is 31.9 Å². The molecular formula is C15H19Br2NO3. The highest BCUT2D eigenvalue weighted by molar-refractivity contribution is 9.11. The SMILES string of the molecule is CC(C)(C)CC(CC(=O)O)NC(=O)c1cc(Br)ccc1Br. The summed E-state index contributed by atoms with van der Waals surface area (Å²) in [6.07, 6.45) is 0.505. The van der Waals surface area contributed by atoms with Crippen molar-refractivity contribution < 1.29 is 14.7 Å². The first kappa shape index (κ1) is 18.2. The average molecular weight is 421 g/mol. The molecule has 1 aromatic rings. The number of carboxylic acid groups (broad SMARTS) is 1. The first-order valence-electron chi connectivity index (χ1n) is 6.56. The fourth-order valence-corrected chi connectivity index (χ4v) is 2.85. The molecule has 116 valence electrons. The third kappa shape index (κ3) is 6.61. The Bertz CT molecular complexity index is 538. The lowest BCUT2D eigenvalue weighted by Gasteiger charge is -2.26. The van der Waals surface area contributed by atoms with Gasteiger partial charge >= 0.3 is 5.97 Å². The molecule has 0 aliphatic carbocycles. The molecule has 1 aromatic carbocycles. The van der Waals surface area contributed by atoms with Gasteiger partial charge in [0.05, 0.1) is 12.0 Å². The molecule has 0 heterocycles. The zero-order valence-corrected chi connectivity index (χ0v) is 15.4. The second kappa shape index (κ2) is 7.40. The Labute approximate surface area is 141 Å². The highest BCUT2D eigenvalue weighted by atomic mass is 79.9. The van der Waals surface area contributed by atoms with Crippen LogP contribution in [0.3, 0.4) is 0 Å². The molecule has 0 saturated carbocycles. The largest absolute Gasteiger partial charge is 0.481 e. The minimum Gasteiger partial charge on any atom is -0.481 e. The van der Waals surface area contributed by atoms with E-state index < -0.39 is 12.0 Å². The molecule has 0 bridgehead atoms. The topological polar surface area (TPSA) is 66.4 Å². The zero-order valence-electron chi connectivity index (χ0n) is 12.2. The number of nitrogens with one attached hydrogen (secondary N) is 1. The first-order chi connectivity index (χ1) is 9.58. The third-order valence-corrected chi connectivity index (χ3v) is 3.97. The molecule has 21 heavy (non-hydrogen) atoms. The number of benzene rings is 1. The molecule has 4 nitrogen and oxygen atoms in total. The van der Waals surface area contributed by atoms with Crippen LogP contribution < -0.4 is 5.32 Å². The van der Waals surface area contributed by atoms with Gasteiger partial charge in [-0.3, -0.25) is 9.59 Å². The van der Waals surface area contributed by atoms with Gasteiger partial charge in [0, 0.05) is 15.0 Å². The quantitative estimate of drug-likeness (QED) is 0.749. The van der Waals surface area contributed by atoms with Gasteiger partial charge < -0.3 is 10.4 Å². The van der Waals surface area contributed by atoms with Crippen LogP contribution in [0.25, 0.3) is 0 Å². The number of rotatable bonds is 5. The van der Waals surface area contributed by atoms with Gasteiger partial charge in [-0.15, -0.1) is 0 Å². The summed E-state index contributed by atoms with van der Waals surface area (Å²) in [5.41, 5.74) is 0.413. The normalized spacial score (nSPS) is 12.8. The van der Waals surface area contributed by atoms with E-state index in [1.54, 1.807) is 12.1 Å². The van der Waals surface area contributed by atoms with Crippen molar-refractivity contribution in [3.8, 4) is 0 Å². The first-order valence-corrected chi connectivity index (χ1v) is 8.15. The van der Waals surface area contributed by atoms with E-state index in [1.807, 2.05) is 26.8 Å². The monoisotopic (exact) mass is 419 g/mol. The van der Waals surface area contributed by atoms with Gasteiger partial charge in [0.15, 0.2) is 0 Å². The molecule has 2 N–H and O–H groups in total. The number of halogens is 2. The predicted molar refractivity (Wildman–Crippen MR) is 89.4 cm³/mol. The molecule has 0 aliphatic heterocycles. The summed E-state index contributed by atoms with van der Waals surface area (Å²) in [5.74, 6) is -1.20. The van der Waals surface area contributed by atoms with Crippen LogP contribution in [0.5, 0.6) is 0 Å². The Morgan fingerprint density at radius 2 is 1.90 bits per heavy atom. The van der Waals surface area contributed by atoms with Gasteiger partial charge in [-0.2, -0.15) is 0 Å². The lowest BCUT2D eigenvalue weighted by atomic mass is 9.87. The van der Waals surface area contributed by atoms with Crippen molar-refractivity contribution in [2.24, 2.45) is 5.41 Å². The highest BCUT2D eigenvalue weighted by Crippen LogP contribution is 2.24. The van der Waals surface area contributed by atoms with Crippen molar-refractivity contribution in [2.45, 2.75) is 39.7 Å². The summed E-state index contributed by atoms with van der Waals surface area (Å²) >= 11 is 6.66. The van der Waals surface area contributed by atoms with E-state index in [0.717, 1.165) is 4.47 Å². The molecule has 0 aromatic heterocycles. The zero-order chi connectivity index (χ0) is 16.2. The number of carbonyl (C=O) groups excluding carboxylic acids is 1. The lowest BCUT2D eigenvalue weighted by Crippen LogP contribution is -2.39. The number of amides is 1. The van der Waals surface area contributed by atoms with E-state index in [0.29, 0.717) is 16.5 Å². The van der Waals surface area contributed by atoms with Crippen molar-refractivity contribution >= 4 is 43.7 Å². The van der Waals surface area contributed by atoms with E-state index in [1.165, 1.54) is 0 Å². The fraction of sp³-hybridized carbons (Fsp3) is 0.467. The van der Waals surface area contributed by atoms with Gasteiger partial charge in [0.25, 0.3) is 5.91 Å². The lowest BCUT2D eigenvalue weighted by molar-refractivity contribution is -0.137. The molecule has 1 rings (SSSR count). The Hall–Kier alpha value is -0.880. The van der Waals surface area contributed by atoms with Crippen LogP contribution in [-0.2, 0) is 4.79 Å². The number of aliphatic carboxylic acids is 1. The Kier molecular flexibility index (Phi) is 6.41. The van der Waals surface area contributed by atoms with Gasteiger partial charge in [-0.25, -0.2) is 0 Å². The molecule has 1 atom stereocenters. The van der Waals surface area contributed by atoms with Gasteiger partial charge in [-0.05, 0) is 46.0 Å². The van der Waals surface area contributed by atoms with E-state index in [2.05, 4.69) is 37.2 Å². The second-order valence-corrected chi connectivity index (χ2v) is 7.93. The third-order valence-electron chi connectivity index (χ3n) is 2.79. The minimum absolute atomic E-state index is 0.0676. The van der Waals surface area contributed by atoms with Crippen LogP contribution in [0.4, 0.5) is 0 Å². The van der Waals surface area contributed by atoms with Crippen LogP contribution in [-0.4, -0.2) is 23.0 Å². The fourth-order valence-electron chi connectivity index (χ4n) is 2.06. The maximum Gasteiger partial charge on any atom is 0.305 e. The smallest absolute Gasteiger partial charge is 0.305 e. The maximum absolute atomic E-state index is 12.3. The van der Waals surface area contributed by atoms with E-state index in [-0.39, 0.29) is 17.7 Å². The number of hydrogen-bond acceptors (Lipinski definition) is 2. The second-order valence-electron chi connectivity index (χ2n) is 6.16. The molecule has 6 heteroatoms. The Morgan fingerprint density at radius 1 is 1.29 bits per heavy atom. The molecule has 0 aliphatic rings. The highest BCUT2D eigenvalue weighted by Gasteiger charge is 2.23. The molecule has 0 saturated heterocycles. The van der Waals surface area contributed by atoms with E-state index in [9.17, 15) is 9.59 Å². The van der Waals surface area contributed by atoms with E-state index >= 15 is 0 Å². The minimum atomic E-state index is -0.919. The Balaban J connectivity index is 2.89. The number of carboxylic acids is 1. The van der Waals surface area contributed by atoms with E-state index in [4.69, 9.17) is 5.11 Å². The van der Waals surface area contributed by atoms with Crippen LogP contribution in [0.1, 0.15) is 44.0 Å². The summed E-state index contributed by atoms with van der Waals surface area (Å²) in [5, 5.41) is 11.8. The predicted octanol–water partition coefficient (Wildman–Crippen LogP) is 4.22. The summed E-state index contributed by atoms with van der Waals surface area (Å²) in [6.45, 7) is 6.05. The summed E-state index contributed by atoms with van der Waals surface area (Å²) in [6, 6.07) is 4.90. The van der Waals surface area contributed by atoms with Crippen LogP contribution in [0.2, 0.25) is 0 Å². The number of carbonyl (C=O) groups is 2. The molecule has 0 spiro atoms. The molecule has 0 radical (unpaired) electrons. The van der Waals surface area contributed by atoms with Crippen molar-refractivity contribution in [2.75, 3.05) is 0 Å². The van der Waals surface area contributed by atoms with Crippen LogP contribution in [0, 0.1) is 5.41 Å². The van der Waals surface area contributed by atoms with Gasteiger partial charge in [-0.1, -0.05) is 36.7 Å². The van der Waals surface area contributed by atoms with Gasteiger partial charge in [0.2, 0.25) is 0 Å². The summed E-state index contributed by atoms with van der Waals surface area (Å²) in [7, 11) is 0. The van der Waals surface area contributed by atoms with Crippen LogP contribution in [0.15, 0.2) is 27.1 Å². The molecule has 1 unspecified atom stereocenters. The maximum atomic E-state index is 12.3. The summed E-state index contributed by atoms with van der Waals surface area (Å²) in [4.78, 5) is 23.3.